The van der Waals surface area contributed by atoms with Gasteiger partial charge in [0.15, 0.2) is 4.77 Å². The van der Waals surface area contributed by atoms with Crippen LogP contribution in [0.2, 0.25) is 0 Å². The van der Waals surface area contributed by atoms with Crippen molar-refractivity contribution in [1.82, 2.24) is 14.0 Å². The number of imidazole rings is 1. The molecule has 0 saturated carbocycles. The molecule has 1 saturated heterocycles. The van der Waals surface area contributed by atoms with Gasteiger partial charge in [0.2, 0.25) is 0 Å². The fourth-order valence-corrected chi connectivity index (χ4v) is 3.84. The van der Waals surface area contributed by atoms with Crippen molar-refractivity contribution in [3.05, 3.63) is 57.3 Å². The molecule has 3 aromatic rings. The molecule has 1 aliphatic heterocycles. The van der Waals surface area contributed by atoms with Crippen LogP contribution in [0.4, 0.5) is 5.69 Å². The maximum absolute atomic E-state index is 11.3. The van der Waals surface area contributed by atoms with E-state index in [0.717, 1.165) is 29.8 Å². The van der Waals surface area contributed by atoms with Gasteiger partial charge in [0, 0.05) is 25.2 Å². The van der Waals surface area contributed by atoms with Gasteiger partial charge in [0.1, 0.15) is 5.75 Å². The lowest BCUT2D eigenvalue weighted by atomic mass is 10.2. The van der Waals surface area contributed by atoms with E-state index < -0.39 is 0 Å². The average Bonchev–Trinajstić information content (AvgIpc) is 2.99. The Labute approximate surface area is 166 Å². The standard InChI is InChI=1S/C19H20N4O4S/c1-26-18-5-3-2-4-16(18)22-15-7-6-14(23(24)25)12-17(15)21(19(22)28)13-20-8-10-27-11-9-20/h2-7,12H,8-11,13H2,1H3. The number of ether oxygens (including phenoxy) is 2. The first kappa shape index (κ1) is 18.6. The highest BCUT2D eigenvalue weighted by molar-refractivity contribution is 7.71. The van der Waals surface area contributed by atoms with E-state index in [9.17, 15) is 10.1 Å². The van der Waals surface area contributed by atoms with Crippen LogP contribution in [0.5, 0.6) is 5.75 Å². The van der Waals surface area contributed by atoms with Gasteiger partial charge < -0.3 is 14.0 Å². The van der Waals surface area contributed by atoms with Crippen molar-refractivity contribution in [3.63, 3.8) is 0 Å². The molecule has 0 atom stereocenters. The number of non-ortho nitro benzene ring substituents is 1. The summed E-state index contributed by atoms with van der Waals surface area (Å²) in [5.74, 6) is 0.683. The molecule has 8 nitrogen and oxygen atoms in total. The van der Waals surface area contributed by atoms with E-state index in [1.54, 1.807) is 19.2 Å². The minimum absolute atomic E-state index is 0.0374. The first-order valence-electron chi connectivity index (χ1n) is 8.93. The quantitative estimate of drug-likeness (QED) is 0.371. The summed E-state index contributed by atoms with van der Waals surface area (Å²) in [5.41, 5.74) is 2.36. The van der Waals surface area contributed by atoms with Gasteiger partial charge in [-0.25, -0.2) is 0 Å². The van der Waals surface area contributed by atoms with E-state index >= 15 is 0 Å². The normalized spacial score (nSPS) is 15.0. The average molecular weight is 400 g/mol. The van der Waals surface area contributed by atoms with Gasteiger partial charge >= 0.3 is 0 Å². The highest BCUT2D eigenvalue weighted by Gasteiger charge is 2.20. The maximum atomic E-state index is 11.3. The van der Waals surface area contributed by atoms with E-state index in [1.807, 2.05) is 33.4 Å². The maximum Gasteiger partial charge on any atom is 0.271 e. The molecule has 146 valence electrons. The van der Waals surface area contributed by atoms with Crippen LogP contribution in [0.3, 0.4) is 0 Å². The van der Waals surface area contributed by atoms with E-state index in [-0.39, 0.29) is 10.6 Å². The number of hydrogen-bond acceptors (Lipinski definition) is 6. The van der Waals surface area contributed by atoms with Gasteiger partial charge in [0.05, 0.1) is 48.6 Å². The third kappa shape index (κ3) is 3.28. The molecule has 28 heavy (non-hydrogen) atoms. The summed E-state index contributed by atoms with van der Waals surface area (Å²) >= 11 is 5.80. The predicted molar refractivity (Wildman–Crippen MR) is 108 cm³/mol. The number of fused-ring (bicyclic) bond motifs is 1. The second kappa shape index (κ2) is 7.70. The SMILES string of the molecule is COc1ccccc1-n1c(=S)n(CN2CCOCC2)c2cc([N+](=O)[O-])ccc21. The number of rotatable bonds is 5. The largest absolute Gasteiger partial charge is 0.495 e. The Morgan fingerprint density at radius 3 is 2.64 bits per heavy atom. The molecular weight excluding hydrogens is 380 g/mol. The summed E-state index contributed by atoms with van der Waals surface area (Å²) < 4.78 is 15.3. The van der Waals surface area contributed by atoms with Gasteiger partial charge in [-0.2, -0.15) is 0 Å². The monoisotopic (exact) mass is 400 g/mol. The van der Waals surface area contributed by atoms with Crippen LogP contribution in [0.25, 0.3) is 16.7 Å². The number of methoxy groups -OCH3 is 1. The summed E-state index contributed by atoms with van der Waals surface area (Å²) in [5, 5.41) is 11.3. The van der Waals surface area contributed by atoms with Crippen LogP contribution >= 0.6 is 12.2 Å². The third-order valence-corrected chi connectivity index (χ3v) is 5.30. The lowest BCUT2D eigenvalue weighted by Crippen LogP contribution is -2.37. The van der Waals surface area contributed by atoms with Crippen LogP contribution in [0.15, 0.2) is 42.5 Å². The molecule has 1 fully saturated rings. The lowest BCUT2D eigenvalue weighted by molar-refractivity contribution is -0.384. The van der Waals surface area contributed by atoms with Crippen LogP contribution < -0.4 is 4.74 Å². The Hall–Kier alpha value is -2.75. The summed E-state index contributed by atoms with van der Waals surface area (Å²) in [6, 6.07) is 12.4. The molecule has 0 unspecified atom stereocenters. The molecule has 0 amide bonds. The van der Waals surface area contributed by atoms with Crippen LogP contribution in [0.1, 0.15) is 0 Å². The highest BCUT2D eigenvalue weighted by Crippen LogP contribution is 2.30. The molecule has 0 bridgehead atoms. The number of aromatic nitrogens is 2. The lowest BCUT2D eigenvalue weighted by Gasteiger charge is -2.27. The molecule has 1 aromatic heterocycles. The van der Waals surface area contributed by atoms with Crippen molar-refractivity contribution in [1.29, 1.82) is 0 Å². The minimum atomic E-state index is -0.387. The summed E-state index contributed by atoms with van der Waals surface area (Å²) in [4.78, 5) is 13.2. The van der Waals surface area contributed by atoms with E-state index in [0.29, 0.717) is 30.4 Å². The van der Waals surface area contributed by atoms with Gasteiger partial charge in [-0.05, 0) is 30.4 Å². The third-order valence-electron chi connectivity index (χ3n) is 4.89. The second-order valence-electron chi connectivity index (χ2n) is 6.52. The molecule has 9 heteroatoms. The Bertz CT molecular complexity index is 1090. The number of morpholine rings is 1. The van der Waals surface area contributed by atoms with Crippen LogP contribution in [-0.2, 0) is 11.4 Å². The Kier molecular flexibility index (Phi) is 5.12. The first-order chi connectivity index (χ1) is 13.6. The van der Waals surface area contributed by atoms with Crippen molar-refractivity contribution in [2.75, 3.05) is 33.4 Å². The van der Waals surface area contributed by atoms with Crippen molar-refractivity contribution < 1.29 is 14.4 Å². The first-order valence-corrected chi connectivity index (χ1v) is 9.34. The van der Waals surface area contributed by atoms with Gasteiger partial charge in [-0.1, -0.05) is 12.1 Å². The number of hydrogen-bond donors (Lipinski definition) is 0. The summed E-state index contributed by atoms with van der Waals surface area (Å²) in [7, 11) is 1.61. The fourth-order valence-electron chi connectivity index (χ4n) is 3.48. The molecule has 2 aromatic carbocycles. The minimum Gasteiger partial charge on any atom is -0.495 e. The Balaban J connectivity index is 1.93. The molecular formula is C19H20N4O4S. The number of nitro groups is 1. The van der Waals surface area contributed by atoms with Crippen molar-refractivity contribution >= 4 is 28.9 Å². The fraction of sp³-hybridized carbons (Fsp3) is 0.316. The highest BCUT2D eigenvalue weighted by atomic mass is 32.1. The summed E-state index contributed by atoms with van der Waals surface area (Å²) in [6.45, 7) is 3.45. The molecule has 0 aliphatic carbocycles. The Morgan fingerprint density at radius 1 is 1.18 bits per heavy atom. The number of nitrogens with zero attached hydrogens (tertiary/aromatic N) is 4. The molecule has 4 rings (SSSR count). The van der Waals surface area contributed by atoms with Crippen molar-refractivity contribution in [2.24, 2.45) is 0 Å². The van der Waals surface area contributed by atoms with E-state index in [1.165, 1.54) is 6.07 Å². The van der Waals surface area contributed by atoms with E-state index in [4.69, 9.17) is 21.7 Å². The molecule has 2 heterocycles. The van der Waals surface area contributed by atoms with Gasteiger partial charge in [0.25, 0.3) is 5.69 Å². The summed E-state index contributed by atoms with van der Waals surface area (Å²) in [6.07, 6.45) is 0. The zero-order valence-corrected chi connectivity index (χ0v) is 16.2. The van der Waals surface area contributed by atoms with Crippen molar-refractivity contribution in [3.8, 4) is 11.4 Å². The smallest absolute Gasteiger partial charge is 0.271 e. The van der Waals surface area contributed by atoms with Gasteiger partial charge in [-0.15, -0.1) is 0 Å². The number of benzene rings is 2. The molecule has 0 radical (unpaired) electrons. The van der Waals surface area contributed by atoms with Crippen LogP contribution in [0, 0.1) is 14.9 Å². The molecule has 0 N–H and O–H groups in total. The zero-order chi connectivity index (χ0) is 19.7. The molecule has 1 aliphatic rings. The topological polar surface area (TPSA) is 74.7 Å². The Morgan fingerprint density at radius 2 is 1.93 bits per heavy atom. The number of para-hydroxylation sites is 2. The number of nitro benzene ring substituents is 1. The second-order valence-corrected chi connectivity index (χ2v) is 6.88. The van der Waals surface area contributed by atoms with E-state index in [2.05, 4.69) is 4.90 Å². The van der Waals surface area contributed by atoms with Crippen LogP contribution in [-0.4, -0.2) is 52.4 Å². The van der Waals surface area contributed by atoms with Crippen molar-refractivity contribution in [2.45, 2.75) is 6.67 Å². The van der Waals surface area contributed by atoms with Gasteiger partial charge in [-0.3, -0.25) is 19.6 Å². The molecule has 0 spiro atoms. The zero-order valence-electron chi connectivity index (χ0n) is 15.4. The predicted octanol–water partition coefficient (Wildman–Crippen LogP) is 3.37.